The van der Waals surface area contributed by atoms with Crippen molar-refractivity contribution in [1.29, 1.82) is 0 Å². The zero-order valence-electron chi connectivity index (χ0n) is 17.9. The van der Waals surface area contributed by atoms with Gasteiger partial charge in [0.1, 0.15) is 11.7 Å². The minimum atomic E-state index is -0.345. The van der Waals surface area contributed by atoms with Crippen LogP contribution >= 0.6 is 0 Å². The van der Waals surface area contributed by atoms with Gasteiger partial charge in [-0.25, -0.2) is 9.67 Å². The summed E-state index contributed by atoms with van der Waals surface area (Å²) < 4.78 is 14.1. The maximum Gasteiger partial charge on any atom is 0.287 e. The fourth-order valence-corrected chi connectivity index (χ4v) is 3.73. The molecule has 0 saturated heterocycles. The van der Waals surface area contributed by atoms with Crippen LogP contribution in [0.3, 0.4) is 0 Å². The van der Waals surface area contributed by atoms with Crippen molar-refractivity contribution in [3.05, 3.63) is 88.8 Å². The number of aromatic nitrogens is 4. The van der Waals surface area contributed by atoms with Crippen molar-refractivity contribution in [3.8, 4) is 5.75 Å². The molecular formula is C24H21N5O4. The Labute approximate surface area is 188 Å². The Morgan fingerprint density at radius 2 is 2.00 bits per heavy atom. The number of fused-ring (bicyclic) bond motifs is 2. The normalized spacial score (nSPS) is 11.2. The minimum absolute atomic E-state index is 0.157. The molecule has 0 radical (unpaired) electrons. The lowest BCUT2D eigenvalue weighted by atomic mass is 10.2. The molecule has 0 spiro atoms. The highest BCUT2D eigenvalue weighted by molar-refractivity contribution is 5.97. The molecule has 9 heteroatoms. The van der Waals surface area contributed by atoms with E-state index in [0.29, 0.717) is 42.0 Å². The molecular weight excluding hydrogens is 422 g/mol. The predicted molar refractivity (Wildman–Crippen MR) is 122 cm³/mol. The number of carbonyl (C=O) groups excluding carboxylic acids is 1. The highest BCUT2D eigenvalue weighted by Gasteiger charge is 2.15. The van der Waals surface area contributed by atoms with Crippen LogP contribution in [-0.4, -0.2) is 38.9 Å². The lowest BCUT2D eigenvalue weighted by molar-refractivity contribution is 0.0926. The second kappa shape index (κ2) is 8.62. The summed E-state index contributed by atoms with van der Waals surface area (Å²) in [5.74, 6) is 0.420. The molecule has 5 aromatic rings. The number of methoxy groups -OCH3 is 1. The second-order valence-corrected chi connectivity index (χ2v) is 7.51. The summed E-state index contributed by atoms with van der Waals surface area (Å²) in [5, 5.41) is 8.31. The Morgan fingerprint density at radius 3 is 2.82 bits per heavy atom. The Kier molecular flexibility index (Phi) is 5.35. The monoisotopic (exact) mass is 443 g/mol. The standard InChI is InChI=1S/C24H21N5O4/c1-32-19-9-5-8-17-12-20(33-21(17)19)23(30)25-10-11-29-22-18(13-27-29)24(31)28(15-26-22)14-16-6-3-2-4-7-16/h2-9,12-13,15H,10-11,14H2,1H3,(H,25,30). The number of para-hydroxylation sites is 1. The largest absolute Gasteiger partial charge is 0.493 e. The molecule has 5 rings (SSSR count). The molecule has 33 heavy (non-hydrogen) atoms. The molecule has 166 valence electrons. The van der Waals surface area contributed by atoms with E-state index in [9.17, 15) is 9.59 Å². The number of amides is 1. The summed E-state index contributed by atoms with van der Waals surface area (Å²) in [6, 6.07) is 16.8. The maximum absolute atomic E-state index is 12.8. The Bertz CT molecular complexity index is 1500. The van der Waals surface area contributed by atoms with Crippen LogP contribution in [0.5, 0.6) is 5.75 Å². The van der Waals surface area contributed by atoms with Crippen LogP contribution < -0.4 is 15.6 Å². The number of ether oxygens (including phenoxy) is 1. The van der Waals surface area contributed by atoms with Gasteiger partial charge in [-0.05, 0) is 17.7 Å². The lowest BCUT2D eigenvalue weighted by Gasteiger charge is -2.07. The van der Waals surface area contributed by atoms with Crippen LogP contribution in [0.15, 0.2) is 76.3 Å². The maximum atomic E-state index is 12.8. The van der Waals surface area contributed by atoms with E-state index in [4.69, 9.17) is 9.15 Å². The quantitative estimate of drug-likeness (QED) is 0.415. The number of carbonyl (C=O) groups is 1. The van der Waals surface area contributed by atoms with Gasteiger partial charge in [0.05, 0.1) is 26.4 Å². The molecule has 1 N–H and O–H groups in total. The van der Waals surface area contributed by atoms with Gasteiger partial charge in [-0.1, -0.05) is 42.5 Å². The average molecular weight is 443 g/mol. The molecule has 0 atom stereocenters. The summed E-state index contributed by atoms with van der Waals surface area (Å²) in [6.07, 6.45) is 3.04. The van der Waals surface area contributed by atoms with E-state index in [0.717, 1.165) is 10.9 Å². The summed E-state index contributed by atoms with van der Waals surface area (Å²) in [7, 11) is 1.55. The molecule has 0 unspecified atom stereocenters. The van der Waals surface area contributed by atoms with Gasteiger partial charge < -0.3 is 14.5 Å². The molecule has 0 aliphatic carbocycles. The van der Waals surface area contributed by atoms with Gasteiger partial charge in [-0.15, -0.1) is 0 Å². The van der Waals surface area contributed by atoms with Crippen molar-refractivity contribution in [2.75, 3.05) is 13.7 Å². The molecule has 1 amide bonds. The van der Waals surface area contributed by atoms with Gasteiger partial charge >= 0.3 is 0 Å². The number of rotatable bonds is 7. The first-order valence-electron chi connectivity index (χ1n) is 10.4. The van der Waals surface area contributed by atoms with Gasteiger partial charge in [0.15, 0.2) is 22.7 Å². The van der Waals surface area contributed by atoms with E-state index in [2.05, 4.69) is 15.4 Å². The summed E-state index contributed by atoms with van der Waals surface area (Å²) in [6.45, 7) is 1.08. The van der Waals surface area contributed by atoms with E-state index in [1.54, 1.807) is 28.5 Å². The van der Waals surface area contributed by atoms with Crippen molar-refractivity contribution in [1.82, 2.24) is 24.6 Å². The number of benzene rings is 2. The number of hydrogen-bond acceptors (Lipinski definition) is 6. The first-order valence-corrected chi connectivity index (χ1v) is 10.4. The number of hydrogen-bond donors (Lipinski definition) is 1. The van der Waals surface area contributed by atoms with Gasteiger partial charge in [-0.2, -0.15) is 5.10 Å². The van der Waals surface area contributed by atoms with E-state index in [1.807, 2.05) is 42.5 Å². The fraction of sp³-hybridized carbons (Fsp3) is 0.167. The van der Waals surface area contributed by atoms with Gasteiger partial charge in [0.25, 0.3) is 11.5 Å². The summed E-state index contributed by atoms with van der Waals surface area (Å²) >= 11 is 0. The van der Waals surface area contributed by atoms with E-state index >= 15 is 0 Å². The second-order valence-electron chi connectivity index (χ2n) is 7.51. The van der Waals surface area contributed by atoms with Crippen LogP contribution in [0.4, 0.5) is 0 Å². The third kappa shape index (κ3) is 3.96. The van der Waals surface area contributed by atoms with Crippen molar-refractivity contribution in [2.45, 2.75) is 13.1 Å². The summed E-state index contributed by atoms with van der Waals surface area (Å²) in [5.41, 5.74) is 1.86. The third-order valence-electron chi connectivity index (χ3n) is 5.38. The van der Waals surface area contributed by atoms with Crippen molar-refractivity contribution < 1.29 is 13.9 Å². The molecule has 0 aliphatic rings. The zero-order valence-corrected chi connectivity index (χ0v) is 17.9. The minimum Gasteiger partial charge on any atom is -0.493 e. The first-order chi connectivity index (χ1) is 16.1. The summed E-state index contributed by atoms with van der Waals surface area (Å²) in [4.78, 5) is 29.8. The number of furan rings is 1. The van der Waals surface area contributed by atoms with Gasteiger partial charge in [0.2, 0.25) is 0 Å². The van der Waals surface area contributed by atoms with Crippen LogP contribution in [-0.2, 0) is 13.1 Å². The van der Waals surface area contributed by atoms with Crippen LogP contribution in [0.2, 0.25) is 0 Å². The molecule has 0 bridgehead atoms. The van der Waals surface area contributed by atoms with E-state index < -0.39 is 0 Å². The predicted octanol–water partition coefficient (Wildman–Crippen LogP) is 2.83. The fourth-order valence-electron chi connectivity index (χ4n) is 3.73. The molecule has 2 aromatic carbocycles. The topological polar surface area (TPSA) is 104 Å². The van der Waals surface area contributed by atoms with Crippen LogP contribution in [0.25, 0.3) is 22.0 Å². The molecule has 0 fully saturated rings. The third-order valence-corrected chi connectivity index (χ3v) is 5.38. The van der Waals surface area contributed by atoms with Crippen molar-refractivity contribution in [2.24, 2.45) is 0 Å². The average Bonchev–Trinajstić information content (AvgIpc) is 3.46. The Hall–Kier alpha value is -4.40. The molecule has 0 saturated carbocycles. The number of nitrogens with one attached hydrogen (secondary N) is 1. The highest BCUT2D eigenvalue weighted by atomic mass is 16.5. The smallest absolute Gasteiger partial charge is 0.287 e. The van der Waals surface area contributed by atoms with Crippen molar-refractivity contribution >= 4 is 27.9 Å². The SMILES string of the molecule is COc1cccc2cc(C(=O)NCCn3ncc4c(=O)n(Cc5ccccc5)cnc43)oc12. The molecule has 0 aliphatic heterocycles. The van der Waals surface area contributed by atoms with Gasteiger partial charge in [-0.3, -0.25) is 14.2 Å². The zero-order chi connectivity index (χ0) is 22.8. The Balaban J connectivity index is 1.28. The lowest BCUT2D eigenvalue weighted by Crippen LogP contribution is -2.27. The van der Waals surface area contributed by atoms with E-state index in [-0.39, 0.29) is 17.2 Å². The molecule has 3 aromatic heterocycles. The van der Waals surface area contributed by atoms with Crippen molar-refractivity contribution in [3.63, 3.8) is 0 Å². The highest BCUT2D eigenvalue weighted by Crippen LogP contribution is 2.28. The van der Waals surface area contributed by atoms with E-state index in [1.165, 1.54) is 12.5 Å². The van der Waals surface area contributed by atoms with Crippen LogP contribution in [0.1, 0.15) is 16.1 Å². The first kappa shape index (κ1) is 20.5. The van der Waals surface area contributed by atoms with Crippen LogP contribution in [0, 0.1) is 0 Å². The number of nitrogens with zero attached hydrogens (tertiary/aromatic N) is 4. The Morgan fingerprint density at radius 1 is 1.15 bits per heavy atom. The molecule has 9 nitrogen and oxygen atoms in total. The van der Waals surface area contributed by atoms with Gasteiger partial charge in [0, 0.05) is 11.9 Å². The molecule has 3 heterocycles.